The molecule has 5 atom stereocenters. The SMILES string of the molecule is O=C(CN1C(=O)[C@@H]2[C@@H]3C[C@H]([C@H]2C1=O)[C@@H](c1ccccc1)C3)Nc1ccc(Br)cc1. The van der Waals surface area contributed by atoms with Crippen LogP contribution in [-0.4, -0.2) is 29.2 Å². The summed E-state index contributed by atoms with van der Waals surface area (Å²) in [7, 11) is 0. The summed E-state index contributed by atoms with van der Waals surface area (Å²) >= 11 is 3.35. The van der Waals surface area contributed by atoms with Gasteiger partial charge in [-0.2, -0.15) is 0 Å². The van der Waals surface area contributed by atoms with Crippen molar-refractivity contribution in [1.82, 2.24) is 4.90 Å². The molecule has 2 saturated carbocycles. The van der Waals surface area contributed by atoms with Crippen molar-refractivity contribution in [3.63, 3.8) is 0 Å². The van der Waals surface area contributed by atoms with Gasteiger partial charge in [-0.15, -0.1) is 0 Å². The number of nitrogens with zero attached hydrogens (tertiary/aromatic N) is 1. The van der Waals surface area contributed by atoms with E-state index in [1.807, 2.05) is 30.3 Å². The maximum absolute atomic E-state index is 13.1. The summed E-state index contributed by atoms with van der Waals surface area (Å²) in [6, 6.07) is 17.5. The zero-order valence-corrected chi connectivity index (χ0v) is 17.3. The van der Waals surface area contributed by atoms with Gasteiger partial charge in [-0.3, -0.25) is 19.3 Å². The Bertz CT molecular complexity index is 975. The lowest BCUT2D eigenvalue weighted by molar-refractivity contribution is -0.143. The van der Waals surface area contributed by atoms with Crippen molar-refractivity contribution < 1.29 is 14.4 Å². The van der Waals surface area contributed by atoms with E-state index in [1.54, 1.807) is 12.1 Å². The van der Waals surface area contributed by atoms with E-state index in [0.717, 1.165) is 17.3 Å². The smallest absolute Gasteiger partial charge is 0.244 e. The average molecular weight is 453 g/mol. The lowest BCUT2D eigenvalue weighted by Gasteiger charge is -2.28. The molecule has 1 aliphatic heterocycles. The molecule has 0 unspecified atom stereocenters. The molecule has 3 fully saturated rings. The molecule has 5 nitrogen and oxygen atoms in total. The van der Waals surface area contributed by atoms with Gasteiger partial charge in [-0.05, 0) is 60.4 Å². The Morgan fingerprint density at radius 3 is 2.38 bits per heavy atom. The highest BCUT2D eigenvalue weighted by atomic mass is 79.9. The number of rotatable bonds is 4. The second-order valence-electron chi connectivity index (χ2n) is 8.28. The maximum Gasteiger partial charge on any atom is 0.244 e. The van der Waals surface area contributed by atoms with Gasteiger partial charge in [0, 0.05) is 10.2 Å². The molecule has 2 bridgehead atoms. The predicted molar refractivity (Wildman–Crippen MR) is 112 cm³/mol. The van der Waals surface area contributed by atoms with E-state index in [9.17, 15) is 14.4 Å². The monoisotopic (exact) mass is 452 g/mol. The Kier molecular flexibility index (Phi) is 4.54. The van der Waals surface area contributed by atoms with Crippen LogP contribution in [0.15, 0.2) is 59.1 Å². The Hall–Kier alpha value is -2.47. The number of carbonyl (C=O) groups excluding carboxylic acids is 3. The summed E-state index contributed by atoms with van der Waals surface area (Å²) < 4.78 is 0.914. The second kappa shape index (κ2) is 7.10. The number of halogens is 1. The van der Waals surface area contributed by atoms with Crippen LogP contribution in [0.1, 0.15) is 24.3 Å². The van der Waals surface area contributed by atoms with Crippen LogP contribution in [-0.2, 0) is 14.4 Å². The van der Waals surface area contributed by atoms with Crippen molar-refractivity contribution in [2.24, 2.45) is 23.7 Å². The topological polar surface area (TPSA) is 66.5 Å². The van der Waals surface area contributed by atoms with Crippen LogP contribution in [0, 0.1) is 23.7 Å². The fourth-order valence-corrected chi connectivity index (χ4v) is 5.90. The summed E-state index contributed by atoms with van der Waals surface area (Å²) in [4.78, 5) is 39.7. The van der Waals surface area contributed by atoms with Crippen LogP contribution in [0.25, 0.3) is 0 Å². The minimum absolute atomic E-state index is 0.162. The highest BCUT2D eigenvalue weighted by Crippen LogP contribution is 2.61. The zero-order chi connectivity index (χ0) is 20.1. The van der Waals surface area contributed by atoms with Crippen LogP contribution in [0.3, 0.4) is 0 Å². The van der Waals surface area contributed by atoms with Gasteiger partial charge in [0.05, 0.1) is 11.8 Å². The fraction of sp³-hybridized carbons (Fsp3) is 0.348. The van der Waals surface area contributed by atoms with E-state index < -0.39 is 0 Å². The van der Waals surface area contributed by atoms with E-state index in [0.29, 0.717) is 11.6 Å². The molecule has 0 aromatic heterocycles. The average Bonchev–Trinajstić information content (AvgIpc) is 3.38. The first-order chi connectivity index (χ1) is 14.0. The maximum atomic E-state index is 13.1. The number of nitrogens with one attached hydrogen (secondary N) is 1. The summed E-state index contributed by atoms with van der Waals surface area (Å²) in [6.45, 7) is -0.212. The Labute approximate surface area is 177 Å². The quantitative estimate of drug-likeness (QED) is 0.717. The van der Waals surface area contributed by atoms with Gasteiger partial charge in [-0.1, -0.05) is 46.3 Å². The Morgan fingerprint density at radius 2 is 1.66 bits per heavy atom. The highest BCUT2D eigenvalue weighted by Gasteiger charge is 2.63. The minimum Gasteiger partial charge on any atom is -0.325 e. The third-order valence-electron chi connectivity index (χ3n) is 6.76. The van der Waals surface area contributed by atoms with Gasteiger partial charge in [0.2, 0.25) is 17.7 Å². The Balaban J connectivity index is 1.31. The second-order valence-corrected chi connectivity index (χ2v) is 9.20. The molecule has 148 valence electrons. The molecule has 0 radical (unpaired) electrons. The molecular weight excluding hydrogens is 432 g/mol. The predicted octanol–water partition coefficient (Wildman–Crippen LogP) is 3.81. The van der Waals surface area contributed by atoms with Gasteiger partial charge in [0.1, 0.15) is 6.54 Å². The number of hydrogen-bond donors (Lipinski definition) is 1. The molecular formula is C23H21BrN2O3. The van der Waals surface area contributed by atoms with Crippen molar-refractivity contribution in [2.75, 3.05) is 11.9 Å². The van der Waals surface area contributed by atoms with Crippen LogP contribution < -0.4 is 5.32 Å². The van der Waals surface area contributed by atoms with E-state index >= 15 is 0 Å². The van der Waals surface area contributed by atoms with Crippen molar-refractivity contribution >= 4 is 39.3 Å². The van der Waals surface area contributed by atoms with Gasteiger partial charge in [0.25, 0.3) is 0 Å². The number of likely N-dealkylation sites (tertiary alicyclic amines) is 1. The molecule has 0 spiro atoms. The fourth-order valence-electron chi connectivity index (χ4n) is 5.64. The number of anilines is 1. The van der Waals surface area contributed by atoms with Gasteiger partial charge < -0.3 is 5.32 Å². The standard InChI is InChI=1S/C23H21BrN2O3/c24-15-6-8-16(9-7-15)25-19(27)12-26-22(28)20-14-10-17(13-4-2-1-3-5-13)18(11-14)21(20)23(26)29/h1-9,14,17-18,20-21H,10-12H2,(H,25,27)/t14-,17+,18-,20+,21+/m0/s1. The van der Waals surface area contributed by atoms with Crippen molar-refractivity contribution in [1.29, 1.82) is 0 Å². The third kappa shape index (κ3) is 3.10. The van der Waals surface area contributed by atoms with Crippen molar-refractivity contribution in [2.45, 2.75) is 18.8 Å². The number of fused-ring (bicyclic) bond motifs is 5. The molecule has 3 aliphatic rings. The number of amides is 3. The molecule has 3 amide bonds. The molecule has 1 N–H and O–H groups in total. The summed E-state index contributed by atoms with van der Waals surface area (Å²) in [5, 5.41) is 2.77. The molecule has 1 heterocycles. The number of hydrogen-bond acceptors (Lipinski definition) is 3. The Morgan fingerprint density at radius 1 is 0.966 bits per heavy atom. The summed E-state index contributed by atoms with van der Waals surface area (Å²) in [5.41, 5.74) is 1.90. The van der Waals surface area contributed by atoms with Gasteiger partial charge >= 0.3 is 0 Å². The lowest BCUT2D eigenvalue weighted by Crippen LogP contribution is -2.39. The van der Waals surface area contributed by atoms with Crippen LogP contribution in [0.4, 0.5) is 5.69 Å². The largest absolute Gasteiger partial charge is 0.325 e. The first-order valence-electron chi connectivity index (χ1n) is 9.98. The molecule has 6 heteroatoms. The van der Waals surface area contributed by atoms with Crippen LogP contribution in [0.5, 0.6) is 0 Å². The van der Waals surface area contributed by atoms with Gasteiger partial charge in [0.15, 0.2) is 0 Å². The number of carbonyl (C=O) groups is 3. The molecule has 1 saturated heterocycles. The van der Waals surface area contributed by atoms with Crippen molar-refractivity contribution in [3.8, 4) is 0 Å². The summed E-state index contributed by atoms with van der Waals surface area (Å²) in [6.07, 6.45) is 1.89. The normalized spacial score (nSPS) is 30.0. The van der Waals surface area contributed by atoms with Gasteiger partial charge in [-0.25, -0.2) is 0 Å². The molecule has 2 aromatic carbocycles. The summed E-state index contributed by atoms with van der Waals surface area (Å²) in [5.74, 6) is -0.421. The lowest BCUT2D eigenvalue weighted by atomic mass is 9.73. The number of imide groups is 1. The van der Waals surface area contributed by atoms with E-state index in [-0.39, 0.29) is 47.9 Å². The molecule has 2 aromatic rings. The van der Waals surface area contributed by atoms with E-state index in [4.69, 9.17) is 0 Å². The molecule has 2 aliphatic carbocycles. The zero-order valence-electron chi connectivity index (χ0n) is 15.8. The third-order valence-corrected chi connectivity index (χ3v) is 7.29. The minimum atomic E-state index is -0.346. The molecule has 29 heavy (non-hydrogen) atoms. The first kappa shape index (κ1) is 18.6. The number of benzene rings is 2. The van der Waals surface area contributed by atoms with Crippen LogP contribution in [0.2, 0.25) is 0 Å². The van der Waals surface area contributed by atoms with Crippen molar-refractivity contribution in [3.05, 3.63) is 64.6 Å². The highest BCUT2D eigenvalue weighted by molar-refractivity contribution is 9.10. The van der Waals surface area contributed by atoms with E-state index in [2.05, 4.69) is 33.4 Å². The van der Waals surface area contributed by atoms with E-state index in [1.165, 1.54) is 10.5 Å². The van der Waals surface area contributed by atoms with Crippen LogP contribution >= 0.6 is 15.9 Å². The first-order valence-corrected chi connectivity index (χ1v) is 10.8. The molecule has 5 rings (SSSR count).